The quantitative estimate of drug-likeness (QED) is 0.300. The number of benzene rings is 1. The highest BCUT2D eigenvalue weighted by molar-refractivity contribution is 7.94. The summed E-state index contributed by atoms with van der Waals surface area (Å²) in [5, 5.41) is 6.55. The molecule has 0 saturated carbocycles. The van der Waals surface area contributed by atoms with Crippen molar-refractivity contribution in [1.82, 2.24) is 21.5 Å². The number of carbonyl (C=O) groups excluding carboxylic acids is 3. The Hall–Kier alpha value is -2.92. The molecule has 0 saturated heterocycles. The third-order valence-corrected chi connectivity index (χ3v) is 6.49. The van der Waals surface area contributed by atoms with Gasteiger partial charge in [-0.15, -0.1) is 0 Å². The molecule has 0 fully saturated rings. The van der Waals surface area contributed by atoms with Gasteiger partial charge >= 0.3 is 6.09 Å². The molecular formula is C26H42N4O6S. The van der Waals surface area contributed by atoms with Crippen LogP contribution in [0.1, 0.15) is 61.8 Å². The van der Waals surface area contributed by atoms with Gasteiger partial charge in [-0.25, -0.2) is 18.6 Å². The first-order valence-corrected chi connectivity index (χ1v) is 13.9. The molecule has 0 aliphatic rings. The van der Waals surface area contributed by atoms with Crippen molar-refractivity contribution < 1.29 is 27.5 Å². The SMILES string of the molecule is CC(C)C[C@@H](C=CS(=O)(=O)c1ccccc1)NC(=O)[C@H](C)NC(=O)[C@@H](NNC(=O)OC(C)(C)C)C(C)C. The largest absolute Gasteiger partial charge is 0.443 e. The predicted molar refractivity (Wildman–Crippen MR) is 143 cm³/mol. The zero-order valence-electron chi connectivity index (χ0n) is 23.0. The molecule has 37 heavy (non-hydrogen) atoms. The molecule has 1 aromatic carbocycles. The molecule has 11 heteroatoms. The Morgan fingerprint density at radius 2 is 1.54 bits per heavy atom. The fourth-order valence-corrected chi connectivity index (χ4v) is 4.32. The molecule has 0 heterocycles. The Bertz CT molecular complexity index is 1030. The molecular weight excluding hydrogens is 496 g/mol. The number of sulfone groups is 1. The van der Waals surface area contributed by atoms with Crippen molar-refractivity contribution in [3.8, 4) is 0 Å². The number of amides is 3. The summed E-state index contributed by atoms with van der Waals surface area (Å²) in [6.07, 6.45) is 1.23. The Morgan fingerprint density at radius 3 is 2.05 bits per heavy atom. The zero-order chi connectivity index (χ0) is 28.4. The summed E-state index contributed by atoms with van der Waals surface area (Å²) in [7, 11) is -3.67. The first-order chi connectivity index (χ1) is 17.0. The zero-order valence-corrected chi connectivity index (χ0v) is 23.8. The van der Waals surface area contributed by atoms with Gasteiger partial charge in [0.25, 0.3) is 0 Å². The summed E-state index contributed by atoms with van der Waals surface area (Å²) in [5.74, 6) is -1.00. The second-order valence-corrected chi connectivity index (χ2v) is 12.5. The highest BCUT2D eigenvalue weighted by Gasteiger charge is 2.27. The molecule has 0 aliphatic carbocycles. The van der Waals surface area contributed by atoms with Crippen LogP contribution in [0.5, 0.6) is 0 Å². The average molecular weight is 539 g/mol. The van der Waals surface area contributed by atoms with Crippen molar-refractivity contribution in [1.29, 1.82) is 0 Å². The Labute approximate surface area is 220 Å². The standard InChI is InChI=1S/C26H42N4O6S/c1-17(2)16-20(14-15-37(34,35)21-12-10-9-11-13-21)28-23(31)19(5)27-24(32)22(18(3)4)29-30-25(33)36-26(6,7)8/h9-15,17-20,22,29H,16H2,1-8H3,(H,27,32)(H,28,31)(H,30,33)/t19-,20+,22-/m0/s1. The van der Waals surface area contributed by atoms with E-state index in [1.165, 1.54) is 25.1 Å². The maximum Gasteiger partial charge on any atom is 0.422 e. The van der Waals surface area contributed by atoms with Crippen LogP contribution in [0.3, 0.4) is 0 Å². The smallest absolute Gasteiger partial charge is 0.422 e. The van der Waals surface area contributed by atoms with Gasteiger partial charge < -0.3 is 15.4 Å². The lowest BCUT2D eigenvalue weighted by atomic mass is 10.0. The van der Waals surface area contributed by atoms with Crippen molar-refractivity contribution in [2.75, 3.05) is 0 Å². The number of ether oxygens (including phenoxy) is 1. The Balaban J connectivity index is 2.84. The second kappa shape index (κ2) is 14.1. The maximum absolute atomic E-state index is 12.9. The van der Waals surface area contributed by atoms with E-state index in [-0.39, 0.29) is 16.7 Å². The van der Waals surface area contributed by atoms with E-state index < -0.39 is 51.5 Å². The van der Waals surface area contributed by atoms with Crippen LogP contribution in [0.25, 0.3) is 0 Å². The van der Waals surface area contributed by atoms with E-state index in [2.05, 4.69) is 21.5 Å². The van der Waals surface area contributed by atoms with Crippen molar-refractivity contribution in [3.63, 3.8) is 0 Å². The monoisotopic (exact) mass is 538 g/mol. The van der Waals surface area contributed by atoms with Crippen molar-refractivity contribution in [2.45, 2.75) is 90.4 Å². The van der Waals surface area contributed by atoms with Crippen LogP contribution >= 0.6 is 0 Å². The van der Waals surface area contributed by atoms with Crippen molar-refractivity contribution in [3.05, 3.63) is 41.8 Å². The van der Waals surface area contributed by atoms with E-state index in [1.54, 1.807) is 52.8 Å². The van der Waals surface area contributed by atoms with Crippen LogP contribution in [0.15, 0.2) is 46.7 Å². The van der Waals surface area contributed by atoms with Crippen LogP contribution in [0.2, 0.25) is 0 Å². The summed E-state index contributed by atoms with van der Waals surface area (Å²) in [6, 6.07) is 5.72. The van der Waals surface area contributed by atoms with E-state index >= 15 is 0 Å². The van der Waals surface area contributed by atoms with Gasteiger partial charge in [-0.1, -0.05) is 52.0 Å². The summed E-state index contributed by atoms with van der Waals surface area (Å²) >= 11 is 0. The molecule has 208 valence electrons. The van der Waals surface area contributed by atoms with Gasteiger partial charge in [0, 0.05) is 11.4 Å². The van der Waals surface area contributed by atoms with Gasteiger partial charge in [-0.05, 0) is 58.1 Å². The minimum Gasteiger partial charge on any atom is -0.443 e. The second-order valence-electron chi connectivity index (χ2n) is 10.7. The van der Waals surface area contributed by atoms with Crippen LogP contribution in [-0.4, -0.2) is 50.1 Å². The molecule has 0 unspecified atom stereocenters. The van der Waals surface area contributed by atoms with Crippen LogP contribution in [-0.2, 0) is 24.2 Å². The number of nitrogens with one attached hydrogen (secondary N) is 4. The first kappa shape index (κ1) is 32.1. The lowest BCUT2D eigenvalue weighted by Gasteiger charge is -2.26. The van der Waals surface area contributed by atoms with E-state index in [9.17, 15) is 22.8 Å². The van der Waals surface area contributed by atoms with Gasteiger partial charge in [0.2, 0.25) is 11.8 Å². The molecule has 4 N–H and O–H groups in total. The number of hydrogen-bond donors (Lipinski definition) is 4. The molecule has 3 atom stereocenters. The van der Waals surface area contributed by atoms with Crippen molar-refractivity contribution >= 4 is 27.7 Å². The van der Waals surface area contributed by atoms with E-state index in [4.69, 9.17) is 4.74 Å². The number of rotatable bonds is 12. The van der Waals surface area contributed by atoms with E-state index in [0.29, 0.717) is 6.42 Å². The summed E-state index contributed by atoms with van der Waals surface area (Å²) in [5.41, 5.74) is 4.32. The van der Waals surface area contributed by atoms with Crippen LogP contribution < -0.4 is 21.5 Å². The van der Waals surface area contributed by atoms with Gasteiger partial charge in [0.15, 0.2) is 9.84 Å². The van der Waals surface area contributed by atoms with Crippen molar-refractivity contribution in [2.24, 2.45) is 11.8 Å². The minimum atomic E-state index is -3.67. The fraction of sp³-hybridized carbons (Fsp3) is 0.577. The molecule has 0 aliphatic heterocycles. The highest BCUT2D eigenvalue weighted by Crippen LogP contribution is 2.14. The lowest BCUT2D eigenvalue weighted by Crippen LogP contribution is -2.58. The third kappa shape index (κ3) is 12.2. The molecule has 1 aromatic rings. The first-order valence-electron chi connectivity index (χ1n) is 12.4. The third-order valence-electron chi connectivity index (χ3n) is 5.04. The molecule has 0 spiro atoms. The molecule has 3 amide bonds. The van der Waals surface area contributed by atoms with E-state index in [0.717, 1.165) is 5.41 Å². The fourth-order valence-electron chi connectivity index (χ4n) is 3.23. The Kier molecular flexibility index (Phi) is 12.3. The molecule has 1 rings (SSSR count). The number of carbonyl (C=O) groups is 3. The highest BCUT2D eigenvalue weighted by atomic mass is 32.2. The molecule has 0 bridgehead atoms. The topological polar surface area (TPSA) is 143 Å². The van der Waals surface area contributed by atoms with Crippen LogP contribution in [0.4, 0.5) is 4.79 Å². The minimum absolute atomic E-state index is 0.161. The average Bonchev–Trinajstić information content (AvgIpc) is 2.76. The van der Waals surface area contributed by atoms with Gasteiger partial charge in [-0.3, -0.25) is 15.0 Å². The normalized spacial score (nSPS) is 14.8. The molecule has 0 aromatic heterocycles. The maximum atomic E-state index is 12.9. The lowest BCUT2D eigenvalue weighted by molar-refractivity contribution is -0.130. The summed E-state index contributed by atoms with van der Waals surface area (Å²) < 4.78 is 30.4. The molecule has 0 radical (unpaired) electrons. The number of hydrazine groups is 1. The molecule has 10 nitrogen and oxygen atoms in total. The predicted octanol–water partition coefficient (Wildman–Crippen LogP) is 3.06. The van der Waals surface area contributed by atoms with E-state index in [1.807, 2.05) is 13.8 Å². The number of hydrogen-bond acceptors (Lipinski definition) is 7. The summed E-state index contributed by atoms with van der Waals surface area (Å²) in [4.78, 5) is 37.8. The van der Waals surface area contributed by atoms with Gasteiger partial charge in [-0.2, -0.15) is 0 Å². The van der Waals surface area contributed by atoms with Gasteiger partial charge in [0.05, 0.1) is 4.90 Å². The Morgan fingerprint density at radius 1 is 0.946 bits per heavy atom. The summed E-state index contributed by atoms with van der Waals surface area (Å²) in [6.45, 7) is 14.2. The van der Waals surface area contributed by atoms with Crippen LogP contribution in [0, 0.1) is 11.8 Å². The van der Waals surface area contributed by atoms with Gasteiger partial charge in [0.1, 0.15) is 17.7 Å².